The maximum atomic E-state index is 14.4. The van der Waals surface area contributed by atoms with Crippen molar-refractivity contribution in [1.82, 2.24) is 0 Å². The van der Waals surface area contributed by atoms with Crippen LogP contribution in [0.25, 0.3) is 0 Å². The summed E-state index contributed by atoms with van der Waals surface area (Å²) in [6.45, 7) is 0. The topological polar surface area (TPSA) is 58.9 Å². The van der Waals surface area contributed by atoms with Gasteiger partial charge in [0.25, 0.3) is 0 Å². The first-order valence-corrected chi connectivity index (χ1v) is 22.9. The van der Waals surface area contributed by atoms with E-state index in [1.807, 2.05) is 29.8 Å². The van der Waals surface area contributed by atoms with E-state index in [1.165, 1.54) is 82.0 Å². The Hall–Kier alpha value is -0.520. The third-order valence-corrected chi connectivity index (χ3v) is 19.5. The molecule has 4 nitrogen and oxygen atoms in total. The van der Waals surface area contributed by atoms with Crippen molar-refractivity contribution in [3.8, 4) is 0 Å². The van der Waals surface area contributed by atoms with Crippen molar-refractivity contribution in [1.29, 1.82) is 0 Å². The Kier molecular flexibility index (Phi) is 8.22. The van der Waals surface area contributed by atoms with E-state index < -0.39 is 0 Å². The Morgan fingerprint density at radius 1 is 0.556 bits per heavy atom. The molecule has 9 aliphatic rings. The molecule has 6 aliphatic carbocycles. The molecule has 10 heteroatoms. The molecule has 0 aromatic carbocycles. The van der Waals surface area contributed by atoms with Crippen molar-refractivity contribution in [3.05, 3.63) is 49.3 Å². The molecule has 3 heterocycles. The number of fused-ring (bicyclic) bond motifs is 10. The van der Waals surface area contributed by atoms with Crippen molar-refractivity contribution in [3.63, 3.8) is 0 Å². The molecule has 0 radical (unpaired) electrons. The van der Waals surface area contributed by atoms with Crippen molar-refractivity contribution < 1.29 is 0 Å². The lowest BCUT2D eigenvalue weighted by Gasteiger charge is -2.45. The first kappa shape index (κ1) is 30.5. The van der Waals surface area contributed by atoms with Crippen LogP contribution in [0.1, 0.15) is 83.5 Å². The zero-order valence-corrected chi connectivity index (χ0v) is 30.9. The Morgan fingerprint density at radius 3 is 1.49 bits per heavy atom. The van der Waals surface area contributed by atoms with Crippen LogP contribution in [0.15, 0.2) is 39.2 Å². The number of thioether (sulfide) groups is 4. The second-order valence-corrected chi connectivity index (χ2v) is 20.1. The lowest BCUT2D eigenvalue weighted by Crippen LogP contribution is -2.44. The molecule has 3 aliphatic heterocycles. The van der Waals surface area contributed by atoms with Crippen molar-refractivity contribution >= 4 is 69.7 Å². The normalized spacial score (nSPS) is 33.8. The average molecular weight is 713 g/mol. The van der Waals surface area contributed by atoms with Crippen LogP contribution in [0.4, 0.5) is 0 Å². The Morgan fingerprint density at radius 2 is 1.00 bits per heavy atom. The molecule has 0 bridgehead atoms. The van der Waals surface area contributed by atoms with Gasteiger partial charge in [-0.05, 0) is 74.7 Å². The van der Waals surface area contributed by atoms with E-state index in [1.54, 1.807) is 34.9 Å². The van der Waals surface area contributed by atoms with Gasteiger partial charge in [0.1, 0.15) is 0 Å². The van der Waals surface area contributed by atoms with E-state index in [0.29, 0.717) is 34.4 Å². The smallest absolute Gasteiger partial charge is 0.212 e. The van der Waals surface area contributed by atoms with Gasteiger partial charge in [0.15, 0.2) is 0 Å². The van der Waals surface area contributed by atoms with Crippen molar-refractivity contribution in [2.24, 2.45) is 33.7 Å². The Balaban J connectivity index is 1.27. The quantitative estimate of drug-likeness (QED) is 0.252. The molecule has 0 aromatic rings. The maximum Gasteiger partial charge on any atom is 0.212 e. The van der Waals surface area contributed by atoms with Crippen LogP contribution in [-0.2, 0) is 0 Å². The SMILES string of the molecule is CSc1c2c(c3sc4c(=O)c(SC)c5c(c=4sc=3c1=O)=NC1CCC3CCCCC3C1S5)=NC1CCC3CCCCCC3C1S2. The second kappa shape index (κ2) is 12.1. The summed E-state index contributed by atoms with van der Waals surface area (Å²) in [6.07, 6.45) is 21.0. The molecule has 8 atom stereocenters. The Bertz CT molecular complexity index is 2060. The van der Waals surface area contributed by atoms with Gasteiger partial charge >= 0.3 is 0 Å². The van der Waals surface area contributed by atoms with Gasteiger partial charge in [-0.2, -0.15) is 0 Å². The summed E-state index contributed by atoms with van der Waals surface area (Å²) in [6, 6.07) is 0.616. The highest BCUT2D eigenvalue weighted by molar-refractivity contribution is 8.02. The number of hydrogen-bond acceptors (Lipinski definition) is 10. The van der Waals surface area contributed by atoms with Crippen LogP contribution in [0.2, 0.25) is 0 Å². The maximum absolute atomic E-state index is 14.4. The van der Waals surface area contributed by atoms with Gasteiger partial charge in [-0.15, -0.1) is 69.7 Å². The molecular weight excluding hydrogens is 673 g/mol. The number of rotatable bonds is 2. The average Bonchev–Trinajstić information content (AvgIpc) is 3.33. The first-order chi connectivity index (χ1) is 22.1. The second-order valence-electron chi connectivity index (χ2n) is 14.1. The van der Waals surface area contributed by atoms with Gasteiger partial charge in [0.2, 0.25) is 10.9 Å². The lowest BCUT2D eigenvalue weighted by atomic mass is 9.69. The fraction of sp³-hybridized carbons (Fsp3) is 0.657. The number of nitrogens with zero attached hydrogens (tertiary/aromatic N) is 2. The fourth-order valence-electron chi connectivity index (χ4n) is 9.77. The molecule has 4 fully saturated rings. The van der Waals surface area contributed by atoms with Gasteiger partial charge in [-0.25, -0.2) is 0 Å². The highest BCUT2D eigenvalue weighted by Crippen LogP contribution is 2.51. The van der Waals surface area contributed by atoms with E-state index >= 15 is 0 Å². The first-order valence-electron chi connectivity index (χ1n) is 17.1. The van der Waals surface area contributed by atoms with Gasteiger partial charge in [0, 0.05) is 10.5 Å². The van der Waals surface area contributed by atoms with Crippen LogP contribution < -0.4 is 21.6 Å². The molecule has 0 spiro atoms. The van der Waals surface area contributed by atoms with Crippen LogP contribution >= 0.6 is 69.7 Å². The van der Waals surface area contributed by atoms with Gasteiger partial charge in [-0.3, -0.25) is 19.6 Å². The summed E-state index contributed by atoms with van der Waals surface area (Å²) in [5, 5.41) is 2.95. The third kappa shape index (κ3) is 4.83. The van der Waals surface area contributed by atoms with E-state index in [2.05, 4.69) is 6.26 Å². The minimum atomic E-state index is 0.131. The molecule has 0 N–H and O–H groups in total. The third-order valence-electron chi connectivity index (χ3n) is 11.9. The summed E-state index contributed by atoms with van der Waals surface area (Å²) in [5.74, 6) is 3.04. The van der Waals surface area contributed by atoms with Gasteiger partial charge in [-0.1, -0.05) is 44.9 Å². The fourth-order valence-corrected chi connectivity index (χ4v) is 17.8. The van der Waals surface area contributed by atoms with Gasteiger partial charge < -0.3 is 0 Å². The predicted octanol–water partition coefficient (Wildman–Crippen LogP) is 7.94. The van der Waals surface area contributed by atoms with E-state index in [9.17, 15) is 9.59 Å². The molecule has 45 heavy (non-hydrogen) atoms. The van der Waals surface area contributed by atoms with E-state index in [-0.39, 0.29) is 10.9 Å². The lowest BCUT2D eigenvalue weighted by molar-refractivity contribution is 0.162. The molecule has 4 saturated carbocycles. The highest BCUT2D eigenvalue weighted by Gasteiger charge is 2.44. The molecule has 0 aromatic heterocycles. The summed E-state index contributed by atoms with van der Waals surface area (Å²) < 4.78 is 3.43. The van der Waals surface area contributed by atoms with Crippen LogP contribution in [0, 0.1) is 41.8 Å². The van der Waals surface area contributed by atoms with E-state index in [0.717, 1.165) is 73.1 Å². The predicted molar refractivity (Wildman–Crippen MR) is 192 cm³/mol. The summed E-state index contributed by atoms with van der Waals surface area (Å²) >= 11 is 10.2. The van der Waals surface area contributed by atoms with Crippen molar-refractivity contribution in [2.45, 2.75) is 126 Å². The number of hydrogen-bond donors (Lipinski definition) is 0. The summed E-state index contributed by atoms with van der Waals surface area (Å²) in [4.78, 5) is 43.7. The standard InChI is InChI=1S/C35H40N2O2S6/c1-40-32-24(38)34-30(22-28(32)42-26-18-10-5-3-4-8-16(18)12-14-20(26)36-22)44-35-25(39)33(41-2)29-23(31(35)45-34)37-21-15-13-17-9-6-7-11-19(17)27(21)43-29/h16-21,26-27H,3-15H2,1-2H3. The van der Waals surface area contributed by atoms with Crippen LogP contribution in [-0.4, -0.2) is 35.1 Å². The molecular formula is C35H40N2O2S6. The van der Waals surface area contributed by atoms with Crippen LogP contribution in [0.3, 0.4) is 0 Å². The molecule has 0 amide bonds. The molecule has 0 saturated heterocycles. The minimum Gasteiger partial charge on any atom is -0.287 e. The van der Waals surface area contributed by atoms with Crippen LogP contribution in [0.5, 0.6) is 0 Å². The monoisotopic (exact) mass is 712 g/mol. The van der Waals surface area contributed by atoms with Crippen molar-refractivity contribution in [2.75, 3.05) is 12.5 Å². The zero-order chi connectivity index (χ0) is 30.4. The largest absolute Gasteiger partial charge is 0.287 e. The molecule has 9 rings (SSSR count). The molecule has 8 unspecified atom stereocenters. The van der Waals surface area contributed by atoms with Gasteiger partial charge in [0.05, 0.1) is 60.5 Å². The summed E-state index contributed by atoms with van der Waals surface area (Å²) in [7, 11) is 0. The molecule has 238 valence electrons. The summed E-state index contributed by atoms with van der Waals surface area (Å²) in [5.41, 5.74) is 0.264. The highest BCUT2D eigenvalue weighted by atomic mass is 32.2. The van der Waals surface area contributed by atoms with E-state index in [4.69, 9.17) is 9.98 Å². The Labute approximate surface area is 288 Å². The minimum absolute atomic E-state index is 0.131. The zero-order valence-electron chi connectivity index (χ0n) is 26.0.